The third-order valence-electron chi connectivity index (χ3n) is 4.68. The zero-order valence-corrected chi connectivity index (χ0v) is 21.8. The van der Waals surface area contributed by atoms with Crippen molar-refractivity contribution < 1.29 is 24.2 Å². The standard InChI is InChI=1S/C25H17Cl2IN2O5/c1-34-22-9-14(8-21(28)23(22)35-13-16-5-6-18(26)11-20(16)27)7-17(12-29)24(31)30-19-4-2-3-15(10-19)25(32)33/h2-11H,13H2,1H3,(H,30,31)(H,32,33)/b17-7-. The highest BCUT2D eigenvalue weighted by Crippen LogP contribution is 2.36. The summed E-state index contributed by atoms with van der Waals surface area (Å²) >= 11 is 14.2. The molecule has 0 aliphatic carbocycles. The van der Waals surface area contributed by atoms with Crippen molar-refractivity contribution in [1.82, 2.24) is 0 Å². The van der Waals surface area contributed by atoms with Crippen molar-refractivity contribution in [3.63, 3.8) is 0 Å². The van der Waals surface area contributed by atoms with Crippen molar-refractivity contribution in [1.29, 1.82) is 5.26 Å². The van der Waals surface area contributed by atoms with Crippen LogP contribution in [0.5, 0.6) is 11.5 Å². The van der Waals surface area contributed by atoms with E-state index in [0.29, 0.717) is 30.7 Å². The number of rotatable bonds is 8. The second-order valence-electron chi connectivity index (χ2n) is 7.07. The minimum atomic E-state index is -1.13. The van der Waals surface area contributed by atoms with Gasteiger partial charge in [0, 0.05) is 21.3 Å². The summed E-state index contributed by atoms with van der Waals surface area (Å²) in [7, 11) is 1.48. The predicted octanol–water partition coefficient (Wildman–Crippen LogP) is 6.43. The van der Waals surface area contributed by atoms with Crippen molar-refractivity contribution >= 4 is 69.4 Å². The fraction of sp³-hybridized carbons (Fsp3) is 0.0800. The molecule has 0 aliphatic heterocycles. The highest BCUT2D eigenvalue weighted by atomic mass is 127. The van der Waals surface area contributed by atoms with Gasteiger partial charge in [-0.1, -0.05) is 35.3 Å². The number of hydrogen-bond acceptors (Lipinski definition) is 5. The lowest BCUT2D eigenvalue weighted by atomic mass is 10.1. The maximum absolute atomic E-state index is 12.6. The van der Waals surface area contributed by atoms with E-state index in [1.807, 2.05) is 6.07 Å². The lowest BCUT2D eigenvalue weighted by Gasteiger charge is -2.14. The summed E-state index contributed by atoms with van der Waals surface area (Å²) < 4.78 is 12.1. The summed E-state index contributed by atoms with van der Waals surface area (Å²) in [6, 6.07) is 16.1. The molecule has 0 saturated carbocycles. The van der Waals surface area contributed by atoms with Crippen LogP contribution in [0, 0.1) is 14.9 Å². The molecule has 0 bridgehead atoms. The number of ether oxygens (including phenoxy) is 2. The third kappa shape index (κ3) is 6.88. The average molecular weight is 623 g/mol. The number of aromatic carboxylic acids is 1. The maximum Gasteiger partial charge on any atom is 0.335 e. The van der Waals surface area contributed by atoms with E-state index in [2.05, 4.69) is 27.9 Å². The van der Waals surface area contributed by atoms with E-state index in [1.165, 1.54) is 37.5 Å². The van der Waals surface area contributed by atoms with Gasteiger partial charge in [-0.15, -0.1) is 0 Å². The number of halogens is 3. The summed E-state index contributed by atoms with van der Waals surface area (Å²) in [5.41, 5.74) is 1.38. The molecule has 0 saturated heterocycles. The molecule has 3 aromatic rings. The SMILES string of the molecule is COc1cc(/C=C(/C#N)C(=O)Nc2cccc(C(=O)O)c2)cc(I)c1OCc1ccc(Cl)cc1Cl. The molecule has 3 rings (SSSR count). The van der Waals surface area contributed by atoms with Gasteiger partial charge < -0.3 is 19.9 Å². The summed E-state index contributed by atoms with van der Waals surface area (Å²) in [6.45, 7) is 0.179. The number of carbonyl (C=O) groups excluding carboxylic acids is 1. The molecule has 178 valence electrons. The normalized spacial score (nSPS) is 10.9. The number of methoxy groups -OCH3 is 1. The van der Waals surface area contributed by atoms with E-state index in [4.69, 9.17) is 37.8 Å². The number of nitrogens with zero attached hydrogens (tertiary/aromatic N) is 1. The molecule has 0 unspecified atom stereocenters. The molecule has 0 aromatic heterocycles. The highest BCUT2D eigenvalue weighted by Gasteiger charge is 2.15. The number of nitriles is 1. The first-order valence-corrected chi connectivity index (χ1v) is 11.8. The molecule has 3 aromatic carbocycles. The molecule has 0 spiro atoms. The first kappa shape index (κ1) is 26.3. The van der Waals surface area contributed by atoms with Gasteiger partial charge in [0.15, 0.2) is 11.5 Å². The van der Waals surface area contributed by atoms with Crippen molar-refractivity contribution in [2.75, 3.05) is 12.4 Å². The Hall–Kier alpha value is -3.26. The van der Waals surface area contributed by atoms with Gasteiger partial charge in [0.25, 0.3) is 5.91 Å². The Morgan fingerprint density at radius 3 is 2.60 bits per heavy atom. The Kier molecular flexibility index (Phi) is 8.98. The van der Waals surface area contributed by atoms with Crippen molar-refractivity contribution in [3.05, 3.63) is 90.5 Å². The molecule has 0 heterocycles. The maximum atomic E-state index is 12.6. The van der Waals surface area contributed by atoms with E-state index in [1.54, 1.807) is 30.3 Å². The van der Waals surface area contributed by atoms with Crippen LogP contribution in [0.25, 0.3) is 6.08 Å². The fourth-order valence-electron chi connectivity index (χ4n) is 3.00. The van der Waals surface area contributed by atoms with E-state index in [9.17, 15) is 14.9 Å². The second kappa shape index (κ2) is 11.9. The smallest absolute Gasteiger partial charge is 0.335 e. The van der Waals surface area contributed by atoms with Crippen molar-refractivity contribution in [2.24, 2.45) is 0 Å². The average Bonchev–Trinajstić information content (AvgIpc) is 2.82. The fourth-order valence-corrected chi connectivity index (χ4v) is 4.24. The van der Waals surface area contributed by atoms with Gasteiger partial charge in [0.05, 0.1) is 16.2 Å². The number of hydrogen-bond donors (Lipinski definition) is 2. The molecule has 0 radical (unpaired) electrons. The summed E-state index contributed by atoms with van der Waals surface area (Å²) in [4.78, 5) is 23.8. The Morgan fingerprint density at radius 2 is 1.94 bits per heavy atom. The molecule has 0 fully saturated rings. The van der Waals surface area contributed by atoms with Gasteiger partial charge in [0.2, 0.25) is 0 Å². The third-order valence-corrected chi connectivity index (χ3v) is 6.07. The van der Waals surface area contributed by atoms with Crippen molar-refractivity contribution in [3.8, 4) is 17.6 Å². The topological polar surface area (TPSA) is 109 Å². The molecular formula is C25H17Cl2IN2O5. The molecule has 1 amide bonds. The zero-order valence-electron chi connectivity index (χ0n) is 18.1. The van der Waals surface area contributed by atoms with E-state index >= 15 is 0 Å². The number of nitrogens with one attached hydrogen (secondary N) is 1. The van der Waals surface area contributed by atoms with Gasteiger partial charge in [-0.2, -0.15) is 5.26 Å². The predicted molar refractivity (Wildman–Crippen MR) is 142 cm³/mol. The van der Waals surface area contributed by atoms with Crippen LogP contribution in [-0.2, 0) is 11.4 Å². The van der Waals surface area contributed by atoms with Crippen LogP contribution in [0.4, 0.5) is 5.69 Å². The summed E-state index contributed by atoms with van der Waals surface area (Å²) in [5, 5.41) is 22.2. The van der Waals surface area contributed by atoms with Crippen molar-refractivity contribution in [2.45, 2.75) is 6.61 Å². The number of benzene rings is 3. The number of carbonyl (C=O) groups is 2. The van der Waals surface area contributed by atoms with Gasteiger partial charge in [-0.25, -0.2) is 4.79 Å². The lowest BCUT2D eigenvalue weighted by molar-refractivity contribution is -0.112. The largest absolute Gasteiger partial charge is 0.493 e. The van der Waals surface area contributed by atoms with E-state index in [-0.39, 0.29) is 23.4 Å². The van der Waals surface area contributed by atoms with Crippen LogP contribution in [0.1, 0.15) is 21.5 Å². The monoisotopic (exact) mass is 622 g/mol. The van der Waals surface area contributed by atoms with Crippen LogP contribution in [0.15, 0.2) is 60.2 Å². The Bertz CT molecular complexity index is 1370. The molecule has 0 atom stereocenters. The number of anilines is 1. The number of carboxylic acids is 1. The first-order chi connectivity index (χ1) is 16.7. The van der Waals surface area contributed by atoms with Gasteiger partial charge in [-0.3, -0.25) is 4.79 Å². The molecule has 0 aliphatic rings. The lowest BCUT2D eigenvalue weighted by Crippen LogP contribution is -2.14. The minimum Gasteiger partial charge on any atom is -0.493 e. The van der Waals surface area contributed by atoms with Gasteiger partial charge >= 0.3 is 5.97 Å². The highest BCUT2D eigenvalue weighted by molar-refractivity contribution is 14.1. The molecule has 10 heteroatoms. The van der Waals surface area contributed by atoms with Crippen LogP contribution in [0.2, 0.25) is 10.0 Å². The zero-order chi connectivity index (χ0) is 25.5. The Balaban J connectivity index is 1.82. The van der Waals surface area contributed by atoms with Crippen LogP contribution in [-0.4, -0.2) is 24.1 Å². The molecule has 35 heavy (non-hydrogen) atoms. The van der Waals surface area contributed by atoms with E-state index < -0.39 is 11.9 Å². The van der Waals surface area contributed by atoms with Crippen LogP contribution in [0.3, 0.4) is 0 Å². The minimum absolute atomic E-state index is 0.0139. The summed E-state index contributed by atoms with van der Waals surface area (Å²) in [5.74, 6) is -0.925. The summed E-state index contributed by atoms with van der Waals surface area (Å²) in [6.07, 6.45) is 1.40. The van der Waals surface area contributed by atoms with Crippen LogP contribution >= 0.6 is 45.8 Å². The molecular weight excluding hydrogens is 606 g/mol. The quantitative estimate of drug-likeness (QED) is 0.170. The molecule has 7 nitrogen and oxygen atoms in total. The van der Waals surface area contributed by atoms with Gasteiger partial charge in [0.1, 0.15) is 18.2 Å². The van der Waals surface area contributed by atoms with E-state index in [0.717, 1.165) is 5.56 Å². The van der Waals surface area contributed by atoms with Gasteiger partial charge in [-0.05, 0) is 76.7 Å². The number of amides is 1. The Labute approximate surface area is 225 Å². The Morgan fingerprint density at radius 1 is 1.17 bits per heavy atom. The first-order valence-electron chi connectivity index (χ1n) is 9.92. The van der Waals surface area contributed by atoms with Crippen LogP contribution < -0.4 is 14.8 Å². The molecule has 2 N–H and O–H groups in total. The number of carboxylic acid groups (broad SMARTS) is 1. The second-order valence-corrected chi connectivity index (χ2v) is 9.07.